The minimum absolute atomic E-state index is 0.367. The summed E-state index contributed by atoms with van der Waals surface area (Å²) in [6, 6.07) is 0. The average molecular weight is 254 g/mol. The van der Waals surface area contributed by atoms with Crippen LogP contribution in [0, 0.1) is 41.4 Å². The number of halogens is 1. The van der Waals surface area contributed by atoms with Crippen LogP contribution in [0.2, 0.25) is 0 Å². The van der Waals surface area contributed by atoms with Crippen molar-refractivity contribution < 1.29 is 5.21 Å². The van der Waals surface area contributed by atoms with Gasteiger partial charge in [0, 0.05) is 16.2 Å². The van der Waals surface area contributed by atoms with Gasteiger partial charge in [-0.1, -0.05) is 21.1 Å². The van der Waals surface area contributed by atoms with Crippen molar-refractivity contribution in [1.29, 1.82) is 0 Å². The molecule has 6 saturated carbocycles. The monoisotopic (exact) mass is 253 g/mol. The molecule has 0 amide bonds. The largest absolute Gasteiger partial charge is 0.411 e. The molecule has 0 unspecified atom stereocenters. The topological polar surface area (TPSA) is 32.6 Å². The predicted octanol–water partition coefficient (Wildman–Crippen LogP) is 2.11. The molecule has 0 heterocycles. The van der Waals surface area contributed by atoms with Crippen molar-refractivity contribution in [2.24, 2.45) is 46.6 Å². The zero-order chi connectivity index (χ0) is 9.24. The van der Waals surface area contributed by atoms with Gasteiger partial charge in [-0.05, 0) is 42.4 Å². The maximum absolute atomic E-state index is 9.16. The second-order valence-electron chi connectivity index (χ2n) is 5.99. The van der Waals surface area contributed by atoms with E-state index in [9.17, 15) is 0 Å². The molecule has 6 aliphatic rings. The van der Waals surface area contributed by atoms with Gasteiger partial charge in [0.1, 0.15) is 0 Å². The van der Waals surface area contributed by atoms with E-state index in [1.807, 2.05) is 0 Å². The van der Waals surface area contributed by atoms with Crippen LogP contribution in [-0.2, 0) is 0 Å². The van der Waals surface area contributed by atoms with Gasteiger partial charge in [0.2, 0.25) is 0 Å². The average Bonchev–Trinajstić information content (AvgIpc) is 2.76. The fourth-order valence-electron chi connectivity index (χ4n) is 6.35. The van der Waals surface area contributed by atoms with Crippen LogP contribution in [0.25, 0.3) is 0 Å². The van der Waals surface area contributed by atoms with Crippen molar-refractivity contribution >= 4 is 21.6 Å². The molecule has 1 N–H and O–H groups in total. The minimum Gasteiger partial charge on any atom is -0.411 e. The number of nitrogens with zero attached hydrogens (tertiary/aromatic N) is 1. The van der Waals surface area contributed by atoms with Crippen LogP contribution in [-0.4, -0.2) is 15.2 Å². The maximum Gasteiger partial charge on any atom is 0.0655 e. The van der Waals surface area contributed by atoms with E-state index in [0.717, 1.165) is 29.6 Å². The van der Waals surface area contributed by atoms with E-state index in [1.54, 1.807) is 0 Å². The third-order valence-corrected chi connectivity index (χ3v) is 7.52. The molecule has 6 aliphatic carbocycles. The molecule has 0 aromatic heterocycles. The Morgan fingerprint density at radius 3 is 2.93 bits per heavy atom. The van der Waals surface area contributed by atoms with Crippen LogP contribution in [0.1, 0.15) is 12.8 Å². The van der Waals surface area contributed by atoms with Crippen molar-refractivity contribution in [2.45, 2.75) is 17.2 Å². The molecule has 0 aromatic carbocycles. The molecule has 6 bridgehead atoms. The Kier molecular flexibility index (Phi) is 0.883. The van der Waals surface area contributed by atoms with Gasteiger partial charge in [-0.2, -0.15) is 0 Å². The highest BCUT2D eigenvalue weighted by atomic mass is 79.9. The maximum atomic E-state index is 9.16. The highest BCUT2D eigenvalue weighted by molar-refractivity contribution is 9.10. The summed E-state index contributed by atoms with van der Waals surface area (Å²) in [5, 5.41) is 12.8. The first kappa shape index (κ1) is 7.26. The smallest absolute Gasteiger partial charge is 0.0655 e. The molecule has 0 aliphatic heterocycles. The summed E-state index contributed by atoms with van der Waals surface area (Å²) in [6.45, 7) is 0. The zero-order valence-corrected chi connectivity index (χ0v) is 9.31. The molecule has 0 radical (unpaired) electrons. The Morgan fingerprint density at radius 2 is 2.21 bits per heavy atom. The third-order valence-electron chi connectivity index (χ3n) is 6.17. The predicted molar refractivity (Wildman–Crippen MR) is 54.5 cm³/mol. The highest BCUT2D eigenvalue weighted by Crippen LogP contribution is 2.85. The molecule has 0 spiro atoms. The Balaban J connectivity index is 1.89. The van der Waals surface area contributed by atoms with E-state index in [-0.39, 0.29) is 0 Å². The number of hydrogen-bond donors (Lipinski definition) is 1. The second-order valence-corrected chi connectivity index (χ2v) is 7.47. The first-order chi connectivity index (χ1) is 6.77. The van der Waals surface area contributed by atoms with Crippen LogP contribution in [0.15, 0.2) is 5.16 Å². The van der Waals surface area contributed by atoms with Crippen LogP contribution in [0.4, 0.5) is 0 Å². The first-order valence-corrected chi connectivity index (χ1v) is 6.47. The molecule has 0 saturated heterocycles. The van der Waals surface area contributed by atoms with Crippen molar-refractivity contribution in [3.05, 3.63) is 0 Å². The Morgan fingerprint density at radius 1 is 1.36 bits per heavy atom. The van der Waals surface area contributed by atoms with Crippen LogP contribution >= 0.6 is 15.9 Å². The van der Waals surface area contributed by atoms with E-state index in [4.69, 9.17) is 5.21 Å². The van der Waals surface area contributed by atoms with Gasteiger partial charge >= 0.3 is 0 Å². The molecule has 74 valence electrons. The van der Waals surface area contributed by atoms with E-state index in [1.165, 1.54) is 18.6 Å². The molecular weight excluding hydrogens is 242 g/mol. The Hall–Kier alpha value is -0.0500. The molecule has 14 heavy (non-hydrogen) atoms. The van der Waals surface area contributed by atoms with Crippen LogP contribution < -0.4 is 0 Å². The summed E-state index contributed by atoms with van der Waals surface area (Å²) in [6.07, 6.45) is 2.80. The van der Waals surface area contributed by atoms with E-state index < -0.39 is 0 Å². The van der Waals surface area contributed by atoms with Crippen molar-refractivity contribution in [1.82, 2.24) is 0 Å². The van der Waals surface area contributed by atoms with Gasteiger partial charge in [0.25, 0.3) is 0 Å². The fraction of sp³-hybridized carbons (Fsp3) is 0.909. The minimum atomic E-state index is 0.367. The lowest BCUT2D eigenvalue weighted by atomic mass is 9.71. The Labute approximate surface area is 90.9 Å². The SMILES string of the molecule is O/N=C1/[C@H]2[C@H]3C[C@H]4[C@H]5C[C@](Br)([C@H]42)[C@H]1[C@@H]53. The van der Waals surface area contributed by atoms with Gasteiger partial charge < -0.3 is 5.21 Å². The number of rotatable bonds is 0. The van der Waals surface area contributed by atoms with Gasteiger partial charge in [-0.15, -0.1) is 0 Å². The van der Waals surface area contributed by atoms with Gasteiger partial charge in [0.05, 0.1) is 5.71 Å². The second kappa shape index (κ2) is 1.70. The zero-order valence-electron chi connectivity index (χ0n) is 7.73. The molecule has 2 nitrogen and oxygen atoms in total. The third kappa shape index (κ3) is 0.412. The first-order valence-electron chi connectivity index (χ1n) is 5.68. The summed E-state index contributed by atoms with van der Waals surface area (Å²) in [4.78, 5) is 0. The molecule has 8 atom stereocenters. The number of alkyl halides is 1. The molecular formula is C11H12BrNO. The van der Waals surface area contributed by atoms with E-state index in [2.05, 4.69) is 21.1 Å². The van der Waals surface area contributed by atoms with E-state index in [0.29, 0.717) is 16.2 Å². The number of oxime groups is 1. The molecule has 6 rings (SSSR count). The highest BCUT2D eigenvalue weighted by Gasteiger charge is 2.85. The summed E-state index contributed by atoms with van der Waals surface area (Å²) in [5.74, 6) is 5.85. The summed E-state index contributed by atoms with van der Waals surface area (Å²) >= 11 is 4.01. The molecule has 0 aromatic rings. The lowest BCUT2D eigenvalue weighted by Crippen LogP contribution is -2.39. The normalized spacial score (nSPS) is 77.8. The van der Waals surface area contributed by atoms with E-state index >= 15 is 0 Å². The van der Waals surface area contributed by atoms with Crippen molar-refractivity contribution in [3.63, 3.8) is 0 Å². The Bertz CT molecular complexity index is 395. The van der Waals surface area contributed by atoms with Gasteiger partial charge in [0.15, 0.2) is 0 Å². The van der Waals surface area contributed by atoms with Crippen LogP contribution in [0.5, 0.6) is 0 Å². The standard InChI is InChI=1S/C11H12BrNO/c12-11-2-5-3-1-4-6(5)9(11)10(13-14)7(4)8(3)11/h3-9,14H,1-2H2/b13-10-/t3-,4-,5+,6+,7-,8+,9-,11-/m0/s1. The van der Waals surface area contributed by atoms with Gasteiger partial charge in [-0.25, -0.2) is 0 Å². The fourth-order valence-corrected chi connectivity index (χ4v) is 7.89. The van der Waals surface area contributed by atoms with Crippen molar-refractivity contribution in [3.8, 4) is 0 Å². The summed E-state index contributed by atoms with van der Waals surface area (Å²) < 4.78 is 0.367. The summed E-state index contributed by atoms with van der Waals surface area (Å²) in [7, 11) is 0. The lowest BCUT2D eigenvalue weighted by molar-refractivity contribution is 0.149. The quantitative estimate of drug-likeness (QED) is 0.401. The van der Waals surface area contributed by atoms with Crippen molar-refractivity contribution in [2.75, 3.05) is 0 Å². The summed E-state index contributed by atoms with van der Waals surface area (Å²) in [5.41, 5.74) is 1.17. The van der Waals surface area contributed by atoms with Gasteiger partial charge in [-0.3, -0.25) is 0 Å². The van der Waals surface area contributed by atoms with Crippen LogP contribution in [0.3, 0.4) is 0 Å². The molecule has 6 fully saturated rings. The lowest BCUT2D eigenvalue weighted by Gasteiger charge is -2.37. The molecule has 3 heteroatoms. The number of hydrogen-bond acceptors (Lipinski definition) is 2.